The Morgan fingerprint density at radius 2 is 1.81 bits per heavy atom. The summed E-state index contributed by atoms with van der Waals surface area (Å²) in [5.41, 5.74) is 1.25. The lowest BCUT2D eigenvalue weighted by Crippen LogP contribution is -2.19. The zero-order valence-corrected chi connectivity index (χ0v) is 14.5. The Morgan fingerprint density at radius 3 is 2.52 bits per heavy atom. The summed E-state index contributed by atoms with van der Waals surface area (Å²) in [6.07, 6.45) is 0. The van der Waals surface area contributed by atoms with Crippen molar-refractivity contribution in [2.75, 3.05) is 6.54 Å². The third kappa shape index (κ3) is 5.55. The first-order valence-corrected chi connectivity index (χ1v) is 8.54. The monoisotopic (exact) mass is 339 g/mol. The van der Waals surface area contributed by atoms with Crippen LogP contribution < -0.4 is 5.32 Å². The molecule has 0 radical (unpaired) electrons. The van der Waals surface area contributed by atoms with Crippen molar-refractivity contribution < 1.29 is 0 Å². The van der Waals surface area contributed by atoms with Gasteiger partial charge < -0.3 is 5.32 Å². The lowest BCUT2D eigenvalue weighted by Gasteiger charge is -2.12. The molecule has 0 bridgehead atoms. The molecule has 0 aliphatic heterocycles. The summed E-state index contributed by atoms with van der Waals surface area (Å²) >= 11 is 13.9. The van der Waals surface area contributed by atoms with Crippen LogP contribution in [-0.2, 0) is 6.54 Å². The fourth-order valence-corrected chi connectivity index (χ4v) is 3.46. The van der Waals surface area contributed by atoms with Gasteiger partial charge in [-0.25, -0.2) is 0 Å². The van der Waals surface area contributed by atoms with Gasteiger partial charge in [-0.1, -0.05) is 60.9 Å². The van der Waals surface area contributed by atoms with Crippen molar-refractivity contribution in [2.24, 2.45) is 5.92 Å². The fourth-order valence-electron chi connectivity index (χ4n) is 1.92. The van der Waals surface area contributed by atoms with Crippen LogP contribution in [0, 0.1) is 5.92 Å². The van der Waals surface area contributed by atoms with Crippen LogP contribution in [0.3, 0.4) is 0 Å². The molecule has 0 aliphatic carbocycles. The van der Waals surface area contributed by atoms with Gasteiger partial charge in [0.05, 0.1) is 0 Å². The van der Waals surface area contributed by atoms with Gasteiger partial charge in [0.1, 0.15) is 0 Å². The molecule has 0 amide bonds. The molecular weight excluding hydrogens is 321 g/mol. The standard InChI is InChI=1S/C17H19Cl2NS/c1-12(2)10-20-11-13-6-7-15(19)9-17(13)21-16-5-3-4-14(18)8-16/h3-9,12,20H,10-11H2,1-2H3. The number of hydrogen-bond donors (Lipinski definition) is 1. The van der Waals surface area contributed by atoms with Gasteiger partial charge in [-0.3, -0.25) is 0 Å². The van der Waals surface area contributed by atoms with E-state index in [9.17, 15) is 0 Å². The highest BCUT2D eigenvalue weighted by Gasteiger charge is 2.06. The summed E-state index contributed by atoms with van der Waals surface area (Å²) in [5.74, 6) is 0.640. The van der Waals surface area contributed by atoms with E-state index in [2.05, 4.69) is 31.3 Å². The first-order chi connectivity index (χ1) is 10.0. The number of hydrogen-bond acceptors (Lipinski definition) is 2. The maximum Gasteiger partial charge on any atom is 0.0417 e. The maximum absolute atomic E-state index is 6.14. The molecule has 0 fully saturated rings. The van der Waals surface area contributed by atoms with Crippen LogP contribution in [0.4, 0.5) is 0 Å². The Balaban J connectivity index is 2.15. The van der Waals surface area contributed by atoms with Gasteiger partial charge >= 0.3 is 0 Å². The number of benzene rings is 2. The summed E-state index contributed by atoms with van der Waals surface area (Å²) in [4.78, 5) is 2.29. The quantitative estimate of drug-likeness (QED) is 0.704. The topological polar surface area (TPSA) is 12.0 Å². The van der Waals surface area contributed by atoms with E-state index < -0.39 is 0 Å². The normalized spacial score (nSPS) is 11.1. The fraction of sp³-hybridized carbons (Fsp3) is 0.294. The van der Waals surface area contributed by atoms with Gasteiger partial charge in [0.25, 0.3) is 0 Å². The SMILES string of the molecule is CC(C)CNCc1ccc(Cl)cc1Sc1cccc(Cl)c1. The molecule has 1 nitrogen and oxygen atoms in total. The second-order valence-electron chi connectivity index (χ2n) is 5.34. The summed E-state index contributed by atoms with van der Waals surface area (Å²) < 4.78 is 0. The third-order valence-electron chi connectivity index (χ3n) is 2.92. The van der Waals surface area contributed by atoms with Crippen molar-refractivity contribution >= 4 is 35.0 Å². The predicted molar refractivity (Wildman–Crippen MR) is 93.6 cm³/mol. The zero-order chi connectivity index (χ0) is 15.2. The zero-order valence-electron chi connectivity index (χ0n) is 12.2. The number of rotatable bonds is 6. The molecule has 0 heterocycles. The molecule has 2 rings (SSSR count). The summed E-state index contributed by atoms with van der Waals surface area (Å²) in [6, 6.07) is 13.9. The van der Waals surface area contributed by atoms with Crippen LogP contribution in [-0.4, -0.2) is 6.54 Å². The van der Waals surface area contributed by atoms with Crippen LogP contribution in [0.5, 0.6) is 0 Å². The highest BCUT2D eigenvalue weighted by molar-refractivity contribution is 7.99. The lowest BCUT2D eigenvalue weighted by molar-refractivity contribution is 0.550. The van der Waals surface area contributed by atoms with Crippen molar-refractivity contribution in [3.63, 3.8) is 0 Å². The molecule has 2 aromatic rings. The molecule has 0 aromatic heterocycles. The van der Waals surface area contributed by atoms with E-state index in [0.717, 1.165) is 28.0 Å². The van der Waals surface area contributed by atoms with E-state index in [1.54, 1.807) is 11.8 Å². The molecular formula is C17H19Cl2NS. The minimum atomic E-state index is 0.640. The van der Waals surface area contributed by atoms with Gasteiger partial charge in [0, 0.05) is 26.4 Å². The Kier molecular flexibility index (Phi) is 6.43. The number of halogens is 2. The first kappa shape index (κ1) is 16.7. The molecule has 1 N–H and O–H groups in total. The van der Waals surface area contributed by atoms with E-state index in [4.69, 9.17) is 23.2 Å². The summed E-state index contributed by atoms with van der Waals surface area (Å²) in [5, 5.41) is 4.98. The average Bonchev–Trinajstić information content (AvgIpc) is 2.41. The summed E-state index contributed by atoms with van der Waals surface area (Å²) in [6.45, 7) is 6.26. The molecule has 2 aromatic carbocycles. The van der Waals surface area contributed by atoms with Crippen molar-refractivity contribution in [1.82, 2.24) is 5.32 Å². The molecule has 21 heavy (non-hydrogen) atoms. The second kappa shape index (κ2) is 8.09. The van der Waals surface area contributed by atoms with Crippen molar-refractivity contribution in [1.29, 1.82) is 0 Å². The van der Waals surface area contributed by atoms with Gasteiger partial charge in [-0.2, -0.15) is 0 Å². The largest absolute Gasteiger partial charge is 0.312 e. The molecule has 0 saturated heterocycles. The van der Waals surface area contributed by atoms with Crippen molar-refractivity contribution in [3.8, 4) is 0 Å². The van der Waals surface area contributed by atoms with E-state index in [1.165, 1.54) is 10.5 Å². The Bertz CT molecular complexity index is 599. The van der Waals surface area contributed by atoms with Gasteiger partial charge in [0.2, 0.25) is 0 Å². The summed E-state index contributed by atoms with van der Waals surface area (Å²) in [7, 11) is 0. The molecule has 0 aliphatic rings. The second-order valence-corrected chi connectivity index (χ2v) is 7.32. The van der Waals surface area contributed by atoms with Crippen molar-refractivity contribution in [2.45, 2.75) is 30.2 Å². The smallest absolute Gasteiger partial charge is 0.0417 e. The minimum absolute atomic E-state index is 0.640. The van der Waals surface area contributed by atoms with Crippen LogP contribution >= 0.6 is 35.0 Å². The molecule has 0 unspecified atom stereocenters. The van der Waals surface area contributed by atoms with E-state index in [1.807, 2.05) is 30.3 Å². The Labute approximate surface area is 141 Å². The van der Waals surface area contributed by atoms with Crippen LogP contribution in [0.25, 0.3) is 0 Å². The number of nitrogens with one attached hydrogen (secondary N) is 1. The third-order valence-corrected chi connectivity index (χ3v) is 4.48. The highest BCUT2D eigenvalue weighted by atomic mass is 35.5. The maximum atomic E-state index is 6.14. The molecule has 4 heteroatoms. The van der Waals surface area contributed by atoms with Gasteiger partial charge in [0.15, 0.2) is 0 Å². The van der Waals surface area contributed by atoms with Crippen molar-refractivity contribution in [3.05, 3.63) is 58.1 Å². The molecule has 0 saturated carbocycles. The predicted octanol–water partition coefficient (Wildman–Crippen LogP) is 5.89. The van der Waals surface area contributed by atoms with E-state index >= 15 is 0 Å². The van der Waals surface area contributed by atoms with Gasteiger partial charge in [-0.15, -0.1) is 0 Å². The Morgan fingerprint density at radius 1 is 1.05 bits per heavy atom. The molecule has 0 atom stereocenters. The van der Waals surface area contributed by atoms with Crippen LogP contribution in [0.15, 0.2) is 52.3 Å². The van der Waals surface area contributed by atoms with Crippen LogP contribution in [0.1, 0.15) is 19.4 Å². The van der Waals surface area contributed by atoms with E-state index in [-0.39, 0.29) is 0 Å². The lowest BCUT2D eigenvalue weighted by atomic mass is 10.2. The molecule has 112 valence electrons. The average molecular weight is 340 g/mol. The van der Waals surface area contributed by atoms with Crippen LogP contribution in [0.2, 0.25) is 10.0 Å². The molecule has 0 spiro atoms. The highest BCUT2D eigenvalue weighted by Crippen LogP contribution is 2.33. The first-order valence-electron chi connectivity index (χ1n) is 6.97. The van der Waals surface area contributed by atoms with E-state index in [0.29, 0.717) is 5.92 Å². The minimum Gasteiger partial charge on any atom is -0.312 e. The Hall–Kier alpha value is -0.670. The van der Waals surface area contributed by atoms with Gasteiger partial charge in [-0.05, 0) is 48.4 Å².